The van der Waals surface area contributed by atoms with E-state index in [9.17, 15) is 13.2 Å². The van der Waals surface area contributed by atoms with Crippen LogP contribution in [-0.4, -0.2) is 9.78 Å². The Hall–Kier alpha value is -2.79. The van der Waals surface area contributed by atoms with E-state index in [4.69, 9.17) is 11.6 Å². The lowest BCUT2D eigenvalue weighted by Gasteiger charge is -2.21. The van der Waals surface area contributed by atoms with Crippen molar-refractivity contribution in [3.63, 3.8) is 0 Å². The van der Waals surface area contributed by atoms with Gasteiger partial charge in [0, 0.05) is 16.0 Å². The molecule has 0 radical (unpaired) electrons. The second-order valence-electron chi connectivity index (χ2n) is 8.11. The third kappa shape index (κ3) is 4.47. The number of alkyl halides is 3. The van der Waals surface area contributed by atoms with Crippen molar-refractivity contribution in [2.45, 2.75) is 32.5 Å². The molecule has 2 nitrogen and oxygen atoms in total. The average Bonchev–Trinajstić information content (AvgIpc) is 3.14. The maximum Gasteiger partial charge on any atom is 0.416 e. The summed E-state index contributed by atoms with van der Waals surface area (Å²) in [6.45, 7) is 4.37. The van der Waals surface area contributed by atoms with Gasteiger partial charge in [0.2, 0.25) is 0 Å². The fourth-order valence-corrected chi connectivity index (χ4v) is 4.18. The summed E-state index contributed by atoms with van der Waals surface area (Å²) in [5, 5.41) is 5.65. The fourth-order valence-electron chi connectivity index (χ4n) is 3.89. The summed E-state index contributed by atoms with van der Waals surface area (Å²) >= 11 is 6.19. The van der Waals surface area contributed by atoms with E-state index >= 15 is 0 Å². The minimum Gasteiger partial charge on any atom is -0.257 e. The SMILES string of the molecule is CC(C)C[C@H](c1ccccc1)n1ncc2cc(-c3ccc(C(F)(F)F)cc3Cl)ccc21. The molecule has 0 bridgehead atoms. The molecule has 160 valence electrons. The summed E-state index contributed by atoms with van der Waals surface area (Å²) in [6.07, 6.45) is -1.68. The van der Waals surface area contributed by atoms with E-state index in [0.29, 0.717) is 11.5 Å². The lowest BCUT2D eigenvalue weighted by molar-refractivity contribution is -0.137. The van der Waals surface area contributed by atoms with Crippen molar-refractivity contribution in [2.24, 2.45) is 5.92 Å². The fraction of sp³-hybridized carbons (Fsp3) is 0.240. The van der Waals surface area contributed by atoms with Crippen LogP contribution in [0.5, 0.6) is 0 Å². The standard InChI is InChI=1S/C25H22ClF3N2/c1-16(2)12-24(17-6-4-3-5-7-17)31-23-11-8-18(13-19(23)15-30-31)21-10-9-20(14-22(21)26)25(27,28)29/h3-11,13-16,24H,12H2,1-2H3/t24-/m1/s1. The van der Waals surface area contributed by atoms with Gasteiger partial charge in [0.25, 0.3) is 0 Å². The highest BCUT2D eigenvalue weighted by molar-refractivity contribution is 6.33. The molecule has 0 aliphatic heterocycles. The van der Waals surface area contributed by atoms with Crippen LogP contribution in [-0.2, 0) is 6.18 Å². The van der Waals surface area contributed by atoms with Crippen LogP contribution < -0.4 is 0 Å². The lowest BCUT2D eigenvalue weighted by Crippen LogP contribution is -2.14. The molecule has 0 N–H and O–H groups in total. The third-order valence-corrected chi connectivity index (χ3v) is 5.69. The Morgan fingerprint density at radius 1 is 0.968 bits per heavy atom. The first-order chi connectivity index (χ1) is 14.7. The molecule has 1 heterocycles. The molecule has 0 amide bonds. The van der Waals surface area contributed by atoms with Crippen molar-refractivity contribution in [1.82, 2.24) is 9.78 Å². The molecule has 0 unspecified atom stereocenters. The number of hydrogen-bond donors (Lipinski definition) is 0. The van der Waals surface area contributed by atoms with Gasteiger partial charge < -0.3 is 0 Å². The number of aromatic nitrogens is 2. The average molecular weight is 443 g/mol. The van der Waals surface area contributed by atoms with Crippen molar-refractivity contribution < 1.29 is 13.2 Å². The molecular formula is C25H22ClF3N2. The smallest absolute Gasteiger partial charge is 0.257 e. The summed E-state index contributed by atoms with van der Waals surface area (Å²) in [4.78, 5) is 0. The van der Waals surface area contributed by atoms with Gasteiger partial charge in [0.05, 0.1) is 23.3 Å². The van der Waals surface area contributed by atoms with E-state index in [-0.39, 0.29) is 11.1 Å². The van der Waals surface area contributed by atoms with E-state index < -0.39 is 11.7 Å². The summed E-state index contributed by atoms with van der Waals surface area (Å²) in [5.74, 6) is 0.481. The highest BCUT2D eigenvalue weighted by atomic mass is 35.5. The Morgan fingerprint density at radius 2 is 1.71 bits per heavy atom. The zero-order valence-corrected chi connectivity index (χ0v) is 18.0. The number of rotatable bonds is 5. The highest BCUT2D eigenvalue weighted by Crippen LogP contribution is 2.37. The monoisotopic (exact) mass is 442 g/mol. The number of fused-ring (bicyclic) bond motifs is 1. The van der Waals surface area contributed by atoms with Crippen LogP contribution in [0.3, 0.4) is 0 Å². The molecule has 4 rings (SSSR count). The van der Waals surface area contributed by atoms with Crippen LogP contribution in [0.15, 0.2) is 72.9 Å². The van der Waals surface area contributed by atoms with Gasteiger partial charge in [-0.15, -0.1) is 0 Å². The summed E-state index contributed by atoms with van der Waals surface area (Å²) in [5.41, 5.74) is 2.73. The molecule has 1 atom stereocenters. The summed E-state index contributed by atoms with van der Waals surface area (Å²) < 4.78 is 40.9. The molecular weight excluding hydrogens is 421 g/mol. The Bertz CT molecular complexity index is 1200. The van der Waals surface area contributed by atoms with Gasteiger partial charge in [-0.1, -0.05) is 67.9 Å². The van der Waals surface area contributed by atoms with Crippen molar-refractivity contribution in [1.29, 1.82) is 0 Å². The van der Waals surface area contributed by atoms with Gasteiger partial charge in [-0.05, 0) is 47.7 Å². The molecule has 3 aromatic carbocycles. The number of hydrogen-bond acceptors (Lipinski definition) is 1. The number of halogens is 4. The normalized spacial score (nSPS) is 13.1. The molecule has 0 fully saturated rings. The molecule has 31 heavy (non-hydrogen) atoms. The minimum atomic E-state index is -4.42. The van der Waals surface area contributed by atoms with Gasteiger partial charge in [-0.25, -0.2) is 0 Å². The van der Waals surface area contributed by atoms with Gasteiger partial charge >= 0.3 is 6.18 Å². The van der Waals surface area contributed by atoms with E-state index in [2.05, 4.69) is 31.1 Å². The van der Waals surface area contributed by atoms with E-state index in [1.807, 2.05) is 41.1 Å². The lowest BCUT2D eigenvalue weighted by atomic mass is 9.96. The van der Waals surface area contributed by atoms with Crippen LogP contribution in [0.25, 0.3) is 22.0 Å². The Balaban J connectivity index is 1.75. The third-order valence-electron chi connectivity index (χ3n) is 5.38. The molecule has 4 aromatic rings. The first-order valence-electron chi connectivity index (χ1n) is 10.1. The maximum atomic E-state index is 12.9. The molecule has 0 saturated heterocycles. The second-order valence-corrected chi connectivity index (χ2v) is 8.52. The van der Waals surface area contributed by atoms with E-state index in [0.717, 1.165) is 35.0 Å². The van der Waals surface area contributed by atoms with Crippen molar-refractivity contribution in [3.8, 4) is 11.1 Å². The van der Waals surface area contributed by atoms with Gasteiger partial charge in [-0.3, -0.25) is 4.68 Å². The number of nitrogens with zero attached hydrogens (tertiary/aromatic N) is 2. The van der Waals surface area contributed by atoms with Crippen LogP contribution >= 0.6 is 11.6 Å². The van der Waals surface area contributed by atoms with Crippen molar-refractivity contribution in [2.75, 3.05) is 0 Å². The van der Waals surface area contributed by atoms with Crippen LogP contribution in [0, 0.1) is 5.92 Å². The molecule has 0 saturated carbocycles. The topological polar surface area (TPSA) is 17.8 Å². The molecule has 6 heteroatoms. The van der Waals surface area contributed by atoms with E-state index in [1.165, 1.54) is 11.6 Å². The molecule has 0 spiro atoms. The van der Waals surface area contributed by atoms with Gasteiger partial charge in [-0.2, -0.15) is 18.3 Å². The number of benzene rings is 3. The van der Waals surface area contributed by atoms with Crippen LogP contribution in [0.4, 0.5) is 13.2 Å². The molecule has 0 aliphatic carbocycles. The van der Waals surface area contributed by atoms with Crippen molar-refractivity contribution >= 4 is 22.5 Å². The zero-order valence-electron chi connectivity index (χ0n) is 17.2. The first-order valence-corrected chi connectivity index (χ1v) is 10.5. The summed E-state index contributed by atoms with van der Waals surface area (Å²) in [7, 11) is 0. The highest BCUT2D eigenvalue weighted by Gasteiger charge is 2.31. The van der Waals surface area contributed by atoms with E-state index in [1.54, 1.807) is 6.20 Å². The quantitative estimate of drug-likeness (QED) is 0.306. The van der Waals surface area contributed by atoms with Gasteiger partial charge in [0.15, 0.2) is 0 Å². The Morgan fingerprint density at radius 3 is 2.35 bits per heavy atom. The Labute approximate surface area is 184 Å². The second kappa shape index (κ2) is 8.39. The van der Waals surface area contributed by atoms with Crippen molar-refractivity contribution in [3.05, 3.63) is 89.1 Å². The molecule has 0 aliphatic rings. The van der Waals surface area contributed by atoms with Crippen LogP contribution in [0.1, 0.15) is 37.4 Å². The largest absolute Gasteiger partial charge is 0.416 e. The molecule has 1 aromatic heterocycles. The first kappa shape index (κ1) is 21.4. The van der Waals surface area contributed by atoms with Crippen LogP contribution in [0.2, 0.25) is 5.02 Å². The summed E-state index contributed by atoms with van der Waals surface area (Å²) in [6, 6.07) is 19.6. The maximum absolute atomic E-state index is 12.9. The van der Waals surface area contributed by atoms with Gasteiger partial charge in [0.1, 0.15) is 0 Å². The zero-order chi connectivity index (χ0) is 22.2. The predicted octanol–water partition coefficient (Wildman–Crippen LogP) is 8.01. The predicted molar refractivity (Wildman–Crippen MR) is 119 cm³/mol. The minimum absolute atomic E-state index is 0.0727. The Kier molecular flexibility index (Phi) is 5.80.